The van der Waals surface area contributed by atoms with E-state index in [0.717, 1.165) is 37.1 Å². The van der Waals surface area contributed by atoms with Crippen LogP contribution < -0.4 is 14.8 Å². The Morgan fingerprint density at radius 1 is 1.22 bits per heavy atom. The van der Waals surface area contributed by atoms with Crippen molar-refractivity contribution in [3.05, 3.63) is 41.2 Å². The van der Waals surface area contributed by atoms with Gasteiger partial charge in [0.1, 0.15) is 17.2 Å². The second-order valence-electron chi connectivity index (χ2n) is 8.24. The highest BCUT2D eigenvalue weighted by atomic mass is 16.5. The molecular weight excluding hydrogens is 408 g/mol. The molecule has 0 radical (unpaired) electrons. The number of aryl methyl sites for hydroxylation is 2. The number of amides is 2. The molecular formula is C24H34N4O4. The van der Waals surface area contributed by atoms with Crippen molar-refractivity contribution in [1.82, 2.24) is 20.0 Å². The van der Waals surface area contributed by atoms with Gasteiger partial charge < -0.3 is 19.7 Å². The summed E-state index contributed by atoms with van der Waals surface area (Å²) < 4.78 is 12.4. The van der Waals surface area contributed by atoms with E-state index in [0.29, 0.717) is 49.2 Å². The first kappa shape index (κ1) is 23.6. The molecule has 1 atom stereocenters. The second-order valence-corrected chi connectivity index (χ2v) is 8.24. The van der Waals surface area contributed by atoms with Crippen molar-refractivity contribution in [1.29, 1.82) is 0 Å². The maximum absolute atomic E-state index is 13.0. The zero-order valence-electron chi connectivity index (χ0n) is 19.5. The fourth-order valence-electron chi connectivity index (χ4n) is 4.22. The number of aromatic nitrogens is 2. The van der Waals surface area contributed by atoms with Crippen LogP contribution in [0, 0.1) is 12.8 Å². The van der Waals surface area contributed by atoms with Gasteiger partial charge >= 0.3 is 0 Å². The van der Waals surface area contributed by atoms with Crippen LogP contribution in [0.25, 0.3) is 0 Å². The van der Waals surface area contributed by atoms with Gasteiger partial charge in [0.25, 0.3) is 5.91 Å². The number of hydrogen-bond acceptors (Lipinski definition) is 5. The number of ether oxygens (including phenoxy) is 2. The lowest BCUT2D eigenvalue weighted by molar-refractivity contribution is -0.121. The lowest BCUT2D eigenvalue weighted by Crippen LogP contribution is -2.41. The molecule has 32 heavy (non-hydrogen) atoms. The molecule has 8 nitrogen and oxygen atoms in total. The topological polar surface area (TPSA) is 85.7 Å². The molecule has 1 aliphatic heterocycles. The SMILES string of the molecule is CCn1nc(C)cc1C(=O)N1CCC[C@H](CCC(=O)NCc2ccc(OC)cc2OC)C1. The summed E-state index contributed by atoms with van der Waals surface area (Å²) in [6, 6.07) is 7.41. The third-order valence-electron chi connectivity index (χ3n) is 5.98. The minimum absolute atomic E-state index is 0.00556. The standard InChI is InChI=1S/C24H34N4O4/c1-5-28-21(13-17(2)26-28)24(30)27-12-6-7-18(16-27)8-11-23(29)25-15-19-9-10-20(31-3)14-22(19)32-4/h9-10,13-14,18H,5-8,11-12,15-16H2,1-4H3,(H,25,29)/t18-/m1/s1. The number of benzene rings is 1. The molecule has 1 aliphatic rings. The normalized spacial score (nSPS) is 16.0. The molecule has 0 bridgehead atoms. The molecule has 0 unspecified atom stereocenters. The maximum atomic E-state index is 13.0. The summed E-state index contributed by atoms with van der Waals surface area (Å²) in [6.45, 7) is 6.41. The molecule has 1 saturated heterocycles. The Morgan fingerprint density at radius 3 is 2.75 bits per heavy atom. The van der Waals surface area contributed by atoms with Crippen LogP contribution in [-0.4, -0.2) is 53.8 Å². The number of rotatable bonds is 9. The predicted octanol–water partition coefficient (Wildman–Crippen LogP) is 3.18. The highest BCUT2D eigenvalue weighted by molar-refractivity contribution is 5.92. The van der Waals surface area contributed by atoms with Crippen LogP contribution in [0.3, 0.4) is 0 Å². The molecule has 1 fully saturated rings. The van der Waals surface area contributed by atoms with E-state index in [9.17, 15) is 9.59 Å². The molecule has 0 aliphatic carbocycles. The first-order valence-corrected chi connectivity index (χ1v) is 11.3. The lowest BCUT2D eigenvalue weighted by Gasteiger charge is -2.32. The zero-order chi connectivity index (χ0) is 23.1. The summed E-state index contributed by atoms with van der Waals surface area (Å²) in [5.74, 6) is 1.77. The van der Waals surface area contributed by atoms with Gasteiger partial charge in [0, 0.05) is 44.2 Å². The van der Waals surface area contributed by atoms with E-state index in [2.05, 4.69) is 10.4 Å². The Labute approximate surface area is 189 Å². The fraction of sp³-hybridized carbons (Fsp3) is 0.542. The smallest absolute Gasteiger partial charge is 0.272 e. The van der Waals surface area contributed by atoms with Gasteiger partial charge in [-0.15, -0.1) is 0 Å². The highest BCUT2D eigenvalue weighted by Crippen LogP contribution is 2.25. The van der Waals surface area contributed by atoms with E-state index >= 15 is 0 Å². The summed E-state index contributed by atoms with van der Waals surface area (Å²) in [4.78, 5) is 27.4. The van der Waals surface area contributed by atoms with Crippen molar-refractivity contribution in [2.24, 2.45) is 5.92 Å². The van der Waals surface area contributed by atoms with E-state index < -0.39 is 0 Å². The Morgan fingerprint density at radius 2 is 2.03 bits per heavy atom. The molecule has 2 heterocycles. The van der Waals surface area contributed by atoms with Gasteiger partial charge in [-0.1, -0.05) is 0 Å². The first-order chi connectivity index (χ1) is 15.4. The number of carbonyl (C=O) groups is 2. The van der Waals surface area contributed by atoms with Crippen molar-refractivity contribution >= 4 is 11.8 Å². The summed E-state index contributed by atoms with van der Waals surface area (Å²) in [5.41, 5.74) is 2.41. The third kappa shape index (κ3) is 5.81. The molecule has 1 aromatic heterocycles. The van der Waals surface area contributed by atoms with Crippen molar-refractivity contribution in [3.8, 4) is 11.5 Å². The van der Waals surface area contributed by atoms with Crippen LogP contribution in [0.15, 0.2) is 24.3 Å². The highest BCUT2D eigenvalue weighted by Gasteiger charge is 2.27. The Hall–Kier alpha value is -3.03. The van der Waals surface area contributed by atoms with Crippen molar-refractivity contribution in [2.45, 2.75) is 52.6 Å². The molecule has 2 aromatic rings. The van der Waals surface area contributed by atoms with Gasteiger partial charge in [-0.25, -0.2) is 0 Å². The van der Waals surface area contributed by atoms with Crippen molar-refractivity contribution in [2.75, 3.05) is 27.3 Å². The molecule has 1 N–H and O–H groups in total. The largest absolute Gasteiger partial charge is 0.497 e. The monoisotopic (exact) mass is 442 g/mol. The van der Waals surface area contributed by atoms with Crippen LogP contribution in [0.2, 0.25) is 0 Å². The molecule has 0 saturated carbocycles. The quantitative estimate of drug-likeness (QED) is 0.645. The van der Waals surface area contributed by atoms with E-state index in [1.165, 1.54) is 0 Å². The first-order valence-electron chi connectivity index (χ1n) is 11.3. The van der Waals surface area contributed by atoms with Crippen molar-refractivity contribution in [3.63, 3.8) is 0 Å². The Balaban J connectivity index is 1.49. The Bertz CT molecular complexity index is 940. The second kappa shape index (κ2) is 11.0. The number of likely N-dealkylation sites (tertiary alicyclic amines) is 1. The number of nitrogens with zero attached hydrogens (tertiary/aromatic N) is 3. The number of carbonyl (C=O) groups excluding carboxylic acids is 2. The summed E-state index contributed by atoms with van der Waals surface area (Å²) >= 11 is 0. The molecule has 2 amide bonds. The Kier molecular flexibility index (Phi) is 8.14. The van der Waals surface area contributed by atoms with Gasteiger partial charge in [-0.2, -0.15) is 5.10 Å². The summed E-state index contributed by atoms with van der Waals surface area (Å²) in [6.07, 6.45) is 3.20. The van der Waals surface area contributed by atoms with Gasteiger partial charge in [-0.3, -0.25) is 14.3 Å². The fourth-order valence-corrected chi connectivity index (χ4v) is 4.22. The van der Waals surface area contributed by atoms with Gasteiger partial charge in [0.15, 0.2) is 0 Å². The number of hydrogen-bond donors (Lipinski definition) is 1. The molecule has 0 spiro atoms. The van der Waals surface area contributed by atoms with Crippen LogP contribution in [0.5, 0.6) is 11.5 Å². The minimum atomic E-state index is 0.00556. The van der Waals surface area contributed by atoms with Crippen LogP contribution in [-0.2, 0) is 17.9 Å². The summed E-state index contributed by atoms with van der Waals surface area (Å²) in [5, 5.41) is 7.37. The van der Waals surface area contributed by atoms with Crippen molar-refractivity contribution < 1.29 is 19.1 Å². The van der Waals surface area contributed by atoms with Crippen LogP contribution in [0.4, 0.5) is 0 Å². The van der Waals surface area contributed by atoms with E-state index in [1.54, 1.807) is 25.0 Å². The molecule has 8 heteroatoms. The average Bonchev–Trinajstić information content (AvgIpc) is 3.21. The van der Waals surface area contributed by atoms with Crippen LogP contribution in [0.1, 0.15) is 54.4 Å². The van der Waals surface area contributed by atoms with E-state index in [4.69, 9.17) is 9.47 Å². The number of nitrogens with one attached hydrogen (secondary N) is 1. The van der Waals surface area contributed by atoms with E-state index in [-0.39, 0.29) is 11.8 Å². The molecule has 174 valence electrons. The lowest BCUT2D eigenvalue weighted by atomic mass is 9.93. The number of piperidine rings is 1. The third-order valence-corrected chi connectivity index (χ3v) is 5.98. The summed E-state index contributed by atoms with van der Waals surface area (Å²) in [7, 11) is 3.21. The number of methoxy groups -OCH3 is 2. The maximum Gasteiger partial charge on any atom is 0.272 e. The average molecular weight is 443 g/mol. The molecule has 3 rings (SSSR count). The van der Waals surface area contributed by atoms with E-state index in [1.807, 2.05) is 36.9 Å². The predicted molar refractivity (Wildman–Crippen MR) is 122 cm³/mol. The van der Waals surface area contributed by atoms with Gasteiger partial charge in [-0.05, 0) is 57.2 Å². The zero-order valence-corrected chi connectivity index (χ0v) is 19.5. The van der Waals surface area contributed by atoms with Gasteiger partial charge in [0.2, 0.25) is 5.91 Å². The van der Waals surface area contributed by atoms with Crippen LogP contribution >= 0.6 is 0 Å². The molecule has 1 aromatic carbocycles. The minimum Gasteiger partial charge on any atom is -0.497 e. The van der Waals surface area contributed by atoms with Gasteiger partial charge in [0.05, 0.1) is 19.9 Å².